The van der Waals surface area contributed by atoms with Gasteiger partial charge in [0.05, 0.1) is 5.84 Å². The summed E-state index contributed by atoms with van der Waals surface area (Å²) in [6.45, 7) is 2.23. The van der Waals surface area contributed by atoms with Crippen LogP contribution in [-0.4, -0.2) is 18.9 Å². The minimum atomic E-state index is 0.957. The van der Waals surface area contributed by atoms with Crippen molar-refractivity contribution < 1.29 is 0 Å². The molecule has 11 heavy (non-hydrogen) atoms. The van der Waals surface area contributed by atoms with Crippen LogP contribution in [0.3, 0.4) is 0 Å². The lowest BCUT2D eigenvalue weighted by Crippen LogP contribution is -2.31. The van der Waals surface area contributed by atoms with E-state index in [-0.39, 0.29) is 0 Å². The molecule has 0 aromatic rings. The van der Waals surface area contributed by atoms with Gasteiger partial charge in [0.2, 0.25) is 0 Å². The minimum Gasteiger partial charge on any atom is -0.374 e. The fourth-order valence-corrected chi connectivity index (χ4v) is 1.64. The SMILES string of the molecule is C1CN=C(NCC2CCC2)C1. The first-order chi connectivity index (χ1) is 5.45. The smallest absolute Gasteiger partial charge is 0.0963 e. The second-order valence-electron chi connectivity index (χ2n) is 3.61. The lowest BCUT2D eigenvalue weighted by Gasteiger charge is -2.25. The fourth-order valence-electron chi connectivity index (χ4n) is 1.64. The first-order valence-electron chi connectivity index (χ1n) is 4.72. The summed E-state index contributed by atoms with van der Waals surface area (Å²) in [6, 6.07) is 0. The van der Waals surface area contributed by atoms with Crippen molar-refractivity contribution in [3.63, 3.8) is 0 Å². The highest BCUT2D eigenvalue weighted by atomic mass is 15.0. The van der Waals surface area contributed by atoms with Crippen LogP contribution in [0.2, 0.25) is 0 Å². The van der Waals surface area contributed by atoms with Gasteiger partial charge in [-0.15, -0.1) is 0 Å². The van der Waals surface area contributed by atoms with Gasteiger partial charge in [-0.25, -0.2) is 0 Å². The van der Waals surface area contributed by atoms with E-state index < -0.39 is 0 Å². The monoisotopic (exact) mass is 152 g/mol. The predicted molar refractivity (Wildman–Crippen MR) is 46.9 cm³/mol. The van der Waals surface area contributed by atoms with Crippen LogP contribution in [-0.2, 0) is 0 Å². The van der Waals surface area contributed by atoms with Gasteiger partial charge >= 0.3 is 0 Å². The standard InChI is InChI=1S/C9H16N2/c1-3-8(4-1)7-11-9-5-2-6-10-9/h8H,1-7H2,(H,10,11). The third-order valence-electron chi connectivity index (χ3n) is 2.69. The van der Waals surface area contributed by atoms with Gasteiger partial charge in [-0.3, -0.25) is 4.99 Å². The van der Waals surface area contributed by atoms with Crippen LogP contribution >= 0.6 is 0 Å². The Kier molecular flexibility index (Phi) is 2.11. The molecule has 0 bridgehead atoms. The van der Waals surface area contributed by atoms with Gasteiger partial charge in [-0.05, 0) is 25.2 Å². The Morgan fingerprint density at radius 3 is 2.82 bits per heavy atom. The van der Waals surface area contributed by atoms with Crippen molar-refractivity contribution >= 4 is 5.84 Å². The van der Waals surface area contributed by atoms with E-state index in [2.05, 4.69) is 10.3 Å². The van der Waals surface area contributed by atoms with E-state index in [0.717, 1.165) is 12.5 Å². The molecule has 0 atom stereocenters. The van der Waals surface area contributed by atoms with Crippen LogP contribution in [0.4, 0.5) is 0 Å². The molecule has 62 valence electrons. The zero-order valence-electron chi connectivity index (χ0n) is 6.97. The average Bonchev–Trinajstić information content (AvgIpc) is 2.36. The van der Waals surface area contributed by atoms with E-state index in [9.17, 15) is 0 Å². The zero-order valence-corrected chi connectivity index (χ0v) is 6.97. The molecule has 2 heteroatoms. The predicted octanol–water partition coefficient (Wildman–Crippen LogP) is 1.57. The van der Waals surface area contributed by atoms with Gasteiger partial charge in [-0.1, -0.05) is 6.42 Å². The highest BCUT2D eigenvalue weighted by Crippen LogP contribution is 2.25. The Bertz CT molecular complexity index is 159. The van der Waals surface area contributed by atoms with Gasteiger partial charge in [0.25, 0.3) is 0 Å². The largest absolute Gasteiger partial charge is 0.374 e. The number of rotatable bonds is 2. The number of nitrogens with one attached hydrogen (secondary N) is 1. The van der Waals surface area contributed by atoms with Gasteiger partial charge in [0, 0.05) is 19.5 Å². The van der Waals surface area contributed by atoms with Crippen molar-refractivity contribution in [2.24, 2.45) is 10.9 Å². The molecular formula is C9H16N2. The molecule has 2 aliphatic rings. The fraction of sp³-hybridized carbons (Fsp3) is 0.889. The Balaban J connectivity index is 1.65. The van der Waals surface area contributed by atoms with Crippen molar-refractivity contribution in [3.05, 3.63) is 0 Å². The number of nitrogens with zero attached hydrogens (tertiary/aromatic N) is 1. The number of amidine groups is 1. The molecule has 0 aromatic carbocycles. The molecule has 1 N–H and O–H groups in total. The number of hydrogen-bond acceptors (Lipinski definition) is 2. The summed E-state index contributed by atoms with van der Waals surface area (Å²) in [6.07, 6.45) is 6.75. The highest BCUT2D eigenvalue weighted by Gasteiger charge is 2.17. The molecular weight excluding hydrogens is 136 g/mol. The summed E-state index contributed by atoms with van der Waals surface area (Å²) >= 11 is 0. The molecule has 1 saturated carbocycles. The summed E-state index contributed by atoms with van der Waals surface area (Å²) in [5, 5.41) is 3.43. The summed E-state index contributed by atoms with van der Waals surface area (Å²) in [4.78, 5) is 4.37. The van der Waals surface area contributed by atoms with Crippen LogP contribution in [0.25, 0.3) is 0 Å². The molecule has 1 fully saturated rings. The third-order valence-corrected chi connectivity index (χ3v) is 2.69. The maximum atomic E-state index is 4.37. The van der Waals surface area contributed by atoms with E-state index in [1.807, 2.05) is 0 Å². The molecule has 0 radical (unpaired) electrons. The molecule has 0 unspecified atom stereocenters. The van der Waals surface area contributed by atoms with Gasteiger partial charge in [0.1, 0.15) is 0 Å². The van der Waals surface area contributed by atoms with E-state index in [1.165, 1.54) is 44.5 Å². The highest BCUT2D eigenvalue weighted by molar-refractivity contribution is 5.83. The molecule has 1 aliphatic heterocycles. The van der Waals surface area contributed by atoms with Crippen LogP contribution in [0.15, 0.2) is 4.99 Å². The van der Waals surface area contributed by atoms with Crippen LogP contribution in [0.1, 0.15) is 32.1 Å². The molecule has 0 aromatic heterocycles. The summed E-state index contributed by atoms with van der Waals surface area (Å²) < 4.78 is 0. The lowest BCUT2D eigenvalue weighted by atomic mass is 9.85. The average molecular weight is 152 g/mol. The third kappa shape index (κ3) is 1.73. The normalized spacial score (nSPS) is 24.5. The quantitative estimate of drug-likeness (QED) is 0.638. The summed E-state index contributed by atoms with van der Waals surface area (Å²) in [7, 11) is 0. The second-order valence-corrected chi connectivity index (χ2v) is 3.61. The number of hydrogen-bond donors (Lipinski definition) is 1. The minimum absolute atomic E-state index is 0.957. The Morgan fingerprint density at radius 1 is 1.36 bits per heavy atom. The Morgan fingerprint density at radius 2 is 2.27 bits per heavy atom. The van der Waals surface area contributed by atoms with Crippen molar-refractivity contribution in [1.29, 1.82) is 0 Å². The van der Waals surface area contributed by atoms with Crippen LogP contribution in [0.5, 0.6) is 0 Å². The maximum Gasteiger partial charge on any atom is 0.0963 e. The second kappa shape index (κ2) is 3.24. The van der Waals surface area contributed by atoms with Crippen molar-refractivity contribution in [2.45, 2.75) is 32.1 Å². The van der Waals surface area contributed by atoms with E-state index >= 15 is 0 Å². The van der Waals surface area contributed by atoms with Gasteiger partial charge in [-0.2, -0.15) is 0 Å². The first-order valence-corrected chi connectivity index (χ1v) is 4.72. The summed E-state index contributed by atoms with van der Waals surface area (Å²) in [5.74, 6) is 2.22. The van der Waals surface area contributed by atoms with Gasteiger partial charge in [0.15, 0.2) is 0 Å². The Hall–Kier alpha value is -0.530. The van der Waals surface area contributed by atoms with Crippen molar-refractivity contribution in [1.82, 2.24) is 5.32 Å². The molecule has 2 nitrogen and oxygen atoms in total. The van der Waals surface area contributed by atoms with Crippen LogP contribution in [0, 0.1) is 5.92 Å². The van der Waals surface area contributed by atoms with Crippen LogP contribution < -0.4 is 5.32 Å². The number of aliphatic imine (C=N–C) groups is 1. The molecule has 0 amide bonds. The molecule has 0 spiro atoms. The lowest BCUT2D eigenvalue weighted by molar-refractivity contribution is 0.315. The topological polar surface area (TPSA) is 24.4 Å². The van der Waals surface area contributed by atoms with Crippen molar-refractivity contribution in [2.75, 3.05) is 13.1 Å². The molecule has 1 aliphatic carbocycles. The van der Waals surface area contributed by atoms with E-state index in [0.29, 0.717) is 0 Å². The molecule has 2 rings (SSSR count). The van der Waals surface area contributed by atoms with E-state index in [1.54, 1.807) is 0 Å². The summed E-state index contributed by atoms with van der Waals surface area (Å²) in [5.41, 5.74) is 0. The van der Waals surface area contributed by atoms with Crippen molar-refractivity contribution in [3.8, 4) is 0 Å². The maximum absolute atomic E-state index is 4.37. The zero-order chi connectivity index (χ0) is 7.52. The Labute approximate surface area is 68.1 Å². The molecule has 0 saturated heterocycles. The molecule has 1 heterocycles. The first kappa shape index (κ1) is 7.14. The van der Waals surface area contributed by atoms with Gasteiger partial charge < -0.3 is 5.32 Å². The van der Waals surface area contributed by atoms with E-state index in [4.69, 9.17) is 0 Å².